The van der Waals surface area contributed by atoms with Gasteiger partial charge in [-0.2, -0.15) is 0 Å². The highest BCUT2D eigenvalue weighted by Gasteiger charge is 2.26. The highest BCUT2D eigenvalue weighted by molar-refractivity contribution is 6.31. The van der Waals surface area contributed by atoms with Crippen molar-refractivity contribution in [2.75, 3.05) is 20.3 Å². The van der Waals surface area contributed by atoms with Crippen molar-refractivity contribution in [2.24, 2.45) is 0 Å². The van der Waals surface area contributed by atoms with Gasteiger partial charge in [-0.15, -0.1) is 0 Å². The van der Waals surface area contributed by atoms with Crippen LogP contribution in [0.5, 0.6) is 0 Å². The van der Waals surface area contributed by atoms with Crippen molar-refractivity contribution < 1.29 is 13.9 Å². The van der Waals surface area contributed by atoms with Crippen LogP contribution in [0.4, 0.5) is 4.39 Å². The van der Waals surface area contributed by atoms with Crippen molar-refractivity contribution in [3.63, 3.8) is 0 Å². The molecule has 1 amide bonds. The molecule has 0 aliphatic carbocycles. The Labute approximate surface area is 104 Å². The summed E-state index contributed by atoms with van der Waals surface area (Å²) in [5.74, 6) is -0.911. The van der Waals surface area contributed by atoms with Crippen LogP contribution in [0.1, 0.15) is 16.8 Å². The Morgan fingerprint density at radius 2 is 2.35 bits per heavy atom. The summed E-state index contributed by atoms with van der Waals surface area (Å²) in [6.07, 6.45) is 0.782. The summed E-state index contributed by atoms with van der Waals surface area (Å²) in [4.78, 5) is 13.6. The Balaban J connectivity index is 2.20. The van der Waals surface area contributed by atoms with E-state index >= 15 is 0 Å². The Morgan fingerprint density at radius 3 is 3.00 bits per heavy atom. The maximum Gasteiger partial charge on any atom is 0.256 e. The van der Waals surface area contributed by atoms with E-state index in [-0.39, 0.29) is 17.5 Å². The van der Waals surface area contributed by atoms with Crippen molar-refractivity contribution in [1.29, 1.82) is 0 Å². The number of carbonyl (C=O) groups is 1. The zero-order valence-electron chi connectivity index (χ0n) is 9.45. The van der Waals surface area contributed by atoms with Gasteiger partial charge in [0, 0.05) is 18.7 Å². The summed E-state index contributed by atoms with van der Waals surface area (Å²) in [5.41, 5.74) is 0.00639. The van der Waals surface area contributed by atoms with Crippen LogP contribution in [0.15, 0.2) is 18.2 Å². The molecule has 1 aromatic carbocycles. The average molecular weight is 258 g/mol. The third kappa shape index (κ3) is 2.58. The highest BCUT2D eigenvalue weighted by Crippen LogP contribution is 2.19. The number of benzene rings is 1. The molecule has 1 atom stereocenters. The summed E-state index contributed by atoms with van der Waals surface area (Å²) < 4.78 is 18.7. The van der Waals surface area contributed by atoms with Gasteiger partial charge in [-0.1, -0.05) is 11.6 Å². The fourth-order valence-electron chi connectivity index (χ4n) is 1.84. The van der Waals surface area contributed by atoms with Crippen molar-refractivity contribution >= 4 is 17.5 Å². The van der Waals surface area contributed by atoms with Gasteiger partial charge in [-0.05, 0) is 24.6 Å². The van der Waals surface area contributed by atoms with Gasteiger partial charge < -0.3 is 9.64 Å². The predicted octanol–water partition coefficient (Wildman–Crippen LogP) is 2.34. The predicted molar refractivity (Wildman–Crippen MR) is 62.7 cm³/mol. The number of hydrogen-bond acceptors (Lipinski definition) is 2. The first-order valence-electron chi connectivity index (χ1n) is 5.39. The lowest BCUT2D eigenvalue weighted by molar-refractivity contribution is 0.0706. The van der Waals surface area contributed by atoms with Gasteiger partial charge in [-0.25, -0.2) is 4.39 Å². The second-order valence-corrected chi connectivity index (χ2v) is 4.49. The van der Waals surface area contributed by atoms with Gasteiger partial charge in [0.1, 0.15) is 5.82 Å². The molecule has 1 aliphatic heterocycles. The second-order valence-electron chi connectivity index (χ2n) is 4.06. The van der Waals surface area contributed by atoms with Crippen LogP contribution in [0.25, 0.3) is 0 Å². The minimum Gasteiger partial charge on any atom is -0.379 e. The summed E-state index contributed by atoms with van der Waals surface area (Å²) in [6.45, 7) is 1.14. The summed E-state index contributed by atoms with van der Waals surface area (Å²) >= 11 is 5.76. The van der Waals surface area contributed by atoms with E-state index in [2.05, 4.69) is 0 Å². The van der Waals surface area contributed by atoms with Gasteiger partial charge >= 0.3 is 0 Å². The second kappa shape index (κ2) is 5.02. The molecule has 1 heterocycles. The third-order valence-corrected chi connectivity index (χ3v) is 3.17. The quantitative estimate of drug-likeness (QED) is 0.814. The molecule has 1 saturated heterocycles. The Morgan fingerprint density at radius 1 is 1.59 bits per heavy atom. The van der Waals surface area contributed by atoms with Crippen LogP contribution in [0.2, 0.25) is 5.02 Å². The molecule has 0 aromatic heterocycles. The first-order chi connectivity index (χ1) is 8.09. The molecule has 0 bridgehead atoms. The number of amides is 1. The van der Waals surface area contributed by atoms with Crippen LogP contribution in [-0.2, 0) is 4.74 Å². The zero-order valence-corrected chi connectivity index (χ0v) is 10.2. The first kappa shape index (κ1) is 12.3. The molecular weight excluding hydrogens is 245 g/mol. The first-order valence-corrected chi connectivity index (χ1v) is 5.77. The smallest absolute Gasteiger partial charge is 0.256 e. The number of rotatable bonds is 2. The fourth-order valence-corrected chi connectivity index (χ4v) is 2.02. The van der Waals surface area contributed by atoms with E-state index < -0.39 is 5.82 Å². The van der Waals surface area contributed by atoms with Gasteiger partial charge in [0.15, 0.2) is 0 Å². The largest absolute Gasteiger partial charge is 0.379 e. The molecule has 1 fully saturated rings. The lowest BCUT2D eigenvalue weighted by Gasteiger charge is -2.23. The number of halogens is 2. The molecule has 92 valence electrons. The number of carbonyl (C=O) groups excluding carboxylic acids is 1. The number of likely N-dealkylation sites (N-methyl/N-ethyl adjacent to an activating group) is 1. The maximum atomic E-state index is 13.5. The van der Waals surface area contributed by atoms with Crippen LogP contribution in [0.3, 0.4) is 0 Å². The average Bonchev–Trinajstić information content (AvgIpc) is 2.84. The summed E-state index contributed by atoms with van der Waals surface area (Å²) in [5, 5.41) is 0.353. The van der Waals surface area contributed by atoms with Crippen molar-refractivity contribution in [3.8, 4) is 0 Å². The van der Waals surface area contributed by atoms with E-state index in [0.29, 0.717) is 18.2 Å². The fraction of sp³-hybridized carbons (Fsp3) is 0.417. The normalized spacial score (nSPS) is 19.4. The Kier molecular flexibility index (Phi) is 3.64. The van der Waals surface area contributed by atoms with Crippen LogP contribution >= 0.6 is 11.6 Å². The molecule has 0 N–H and O–H groups in total. The molecular formula is C12H13ClFNO2. The topological polar surface area (TPSA) is 29.5 Å². The molecule has 0 radical (unpaired) electrons. The van der Waals surface area contributed by atoms with E-state index in [1.54, 1.807) is 7.05 Å². The standard InChI is InChI=1S/C12H13ClFNO2/c1-15(9-4-5-17-7-9)12(16)10-6-8(13)2-3-11(10)14/h2-3,6,9H,4-5,7H2,1H3. The van der Waals surface area contributed by atoms with E-state index in [9.17, 15) is 9.18 Å². The van der Waals surface area contributed by atoms with Crippen molar-refractivity contribution in [2.45, 2.75) is 12.5 Å². The van der Waals surface area contributed by atoms with E-state index in [1.807, 2.05) is 0 Å². The molecule has 1 unspecified atom stereocenters. The van der Waals surface area contributed by atoms with E-state index in [0.717, 1.165) is 6.42 Å². The monoisotopic (exact) mass is 257 g/mol. The maximum absolute atomic E-state index is 13.5. The molecule has 0 spiro atoms. The van der Waals surface area contributed by atoms with Gasteiger partial charge in [0.2, 0.25) is 0 Å². The van der Waals surface area contributed by atoms with Crippen molar-refractivity contribution in [3.05, 3.63) is 34.6 Å². The summed E-state index contributed by atoms with van der Waals surface area (Å²) in [6, 6.07) is 3.99. The molecule has 1 aliphatic rings. The van der Waals surface area contributed by atoms with Gasteiger partial charge in [-0.3, -0.25) is 4.79 Å². The van der Waals surface area contributed by atoms with E-state index in [4.69, 9.17) is 16.3 Å². The molecule has 17 heavy (non-hydrogen) atoms. The minimum atomic E-state index is -0.551. The Bertz CT molecular complexity index is 433. The molecule has 5 heteroatoms. The SMILES string of the molecule is CN(C(=O)c1cc(Cl)ccc1F)C1CCOC1. The lowest BCUT2D eigenvalue weighted by Crippen LogP contribution is -2.37. The zero-order chi connectivity index (χ0) is 12.4. The number of nitrogens with zero attached hydrogens (tertiary/aromatic N) is 1. The minimum absolute atomic E-state index is 0.00639. The van der Waals surface area contributed by atoms with Crippen molar-refractivity contribution in [1.82, 2.24) is 4.90 Å². The van der Waals surface area contributed by atoms with Crippen LogP contribution in [-0.4, -0.2) is 37.1 Å². The third-order valence-electron chi connectivity index (χ3n) is 2.93. The molecule has 3 nitrogen and oxygen atoms in total. The molecule has 2 rings (SSSR count). The van der Waals surface area contributed by atoms with Crippen LogP contribution < -0.4 is 0 Å². The van der Waals surface area contributed by atoms with Gasteiger partial charge in [0.05, 0.1) is 18.2 Å². The summed E-state index contributed by atoms with van der Waals surface area (Å²) in [7, 11) is 1.65. The van der Waals surface area contributed by atoms with Crippen LogP contribution in [0, 0.1) is 5.82 Å². The van der Waals surface area contributed by atoms with E-state index in [1.165, 1.54) is 23.1 Å². The Hall–Kier alpha value is -1.13. The number of hydrogen-bond donors (Lipinski definition) is 0. The highest BCUT2D eigenvalue weighted by atomic mass is 35.5. The number of ether oxygens (including phenoxy) is 1. The van der Waals surface area contributed by atoms with Gasteiger partial charge in [0.25, 0.3) is 5.91 Å². The lowest BCUT2D eigenvalue weighted by atomic mass is 10.1. The molecule has 0 saturated carbocycles. The molecule has 1 aromatic rings.